The molecule has 2 aliphatic rings. The first-order chi connectivity index (χ1) is 16.2. The van der Waals surface area contributed by atoms with Gasteiger partial charge in [-0.1, -0.05) is 6.07 Å². The molecule has 0 bridgehead atoms. The van der Waals surface area contributed by atoms with E-state index in [2.05, 4.69) is 10.4 Å². The number of benzene rings is 1. The Morgan fingerprint density at radius 3 is 2.65 bits per heavy atom. The summed E-state index contributed by atoms with van der Waals surface area (Å²) in [5.41, 5.74) is 3.07. The number of aryl methyl sites for hydroxylation is 1. The number of nitrogens with zero attached hydrogens (tertiary/aromatic N) is 3. The first-order valence-corrected chi connectivity index (χ1v) is 13.2. The summed E-state index contributed by atoms with van der Waals surface area (Å²) in [5.74, 6) is -0.208. The second-order valence-corrected chi connectivity index (χ2v) is 11.5. The normalized spacial score (nSPS) is 20.4. The second kappa shape index (κ2) is 8.33. The van der Waals surface area contributed by atoms with Crippen molar-refractivity contribution in [2.75, 3.05) is 18.6 Å². The fraction of sp³-hybridized carbons (Fsp3) is 0.458. The van der Waals surface area contributed by atoms with E-state index >= 15 is 0 Å². The van der Waals surface area contributed by atoms with Crippen LogP contribution in [0.1, 0.15) is 71.5 Å². The molecule has 2 fully saturated rings. The van der Waals surface area contributed by atoms with Crippen molar-refractivity contribution >= 4 is 26.8 Å². The van der Waals surface area contributed by atoms with Gasteiger partial charge in [0.2, 0.25) is 0 Å². The van der Waals surface area contributed by atoms with Gasteiger partial charge < -0.3 is 10.1 Å². The van der Waals surface area contributed by atoms with E-state index in [0.29, 0.717) is 40.2 Å². The maximum atomic E-state index is 14.2. The van der Waals surface area contributed by atoms with Crippen molar-refractivity contribution in [3.63, 3.8) is 0 Å². The van der Waals surface area contributed by atoms with Crippen molar-refractivity contribution in [2.24, 2.45) is 0 Å². The first kappa shape index (κ1) is 22.8. The molecule has 3 aromatic rings. The average molecular weight is 487 g/mol. The fourth-order valence-electron chi connectivity index (χ4n) is 4.63. The van der Waals surface area contributed by atoms with Gasteiger partial charge in [0, 0.05) is 11.6 Å². The molecule has 2 unspecified atom stereocenters. The fourth-order valence-corrected chi connectivity index (χ4v) is 6.32. The lowest BCUT2D eigenvalue weighted by Crippen LogP contribution is -2.27. The molecular weight excluding hydrogens is 459 g/mol. The number of amides is 1. The molecule has 1 aromatic carbocycles. The minimum absolute atomic E-state index is 0.0279. The number of carbonyl (C=O) groups excluding carboxylic acids is 1. The molecule has 1 aliphatic carbocycles. The van der Waals surface area contributed by atoms with Crippen LogP contribution in [0, 0.1) is 12.7 Å². The van der Waals surface area contributed by atoms with Gasteiger partial charge in [-0.3, -0.25) is 4.79 Å². The van der Waals surface area contributed by atoms with Crippen molar-refractivity contribution in [3.05, 3.63) is 52.6 Å². The summed E-state index contributed by atoms with van der Waals surface area (Å²) in [6.45, 7) is 3.60. The lowest BCUT2D eigenvalue weighted by molar-refractivity contribution is 0.0941. The number of fused-ring (bicyclic) bond motifs is 1. The van der Waals surface area contributed by atoms with Crippen LogP contribution in [-0.2, 0) is 9.84 Å². The van der Waals surface area contributed by atoms with Gasteiger partial charge in [-0.25, -0.2) is 22.5 Å². The quantitative estimate of drug-likeness (QED) is 0.571. The van der Waals surface area contributed by atoms with Crippen molar-refractivity contribution in [2.45, 2.75) is 51.1 Å². The number of hydrogen-bond acceptors (Lipinski definition) is 6. The maximum absolute atomic E-state index is 14.2. The van der Waals surface area contributed by atoms with Crippen LogP contribution in [0.4, 0.5) is 4.39 Å². The molecule has 5 rings (SSSR count). The van der Waals surface area contributed by atoms with Gasteiger partial charge in [0.05, 0.1) is 47.3 Å². The summed E-state index contributed by atoms with van der Waals surface area (Å²) < 4.78 is 45.0. The minimum atomic E-state index is -3.11. The molecule has 1 N–H and O–H groups in total. The molecule has 10 heteroatoms. The third kappa shape index (κ3) is 4.15. The van der Waals surface area contributed by atoms with E-state index < -0.39 is 21.7 Å². The third-order valence-electron chi connectivity index (χ3n) is 6.67. The predicted molar refractivity (Wildman–Crippen MR) is 125 cm³/mol. The van der Waals surface area contributed by atoms with Crippen LogP contribution >= 0.6 is 0 Å². The number of halogens is 1. The van der Waals surface area contributed by atoms with Crippen LogP contribution in [0.2, 0.25) is 0 Å². The molecule has 8 nitrogen and oxygen atoms in total. The van der Waals surface area contributed by atoms with Crippen molar-refractivity contribution in [1.29, 1.82) is 0 Å². The van der Waals surface area contributed by atoms with E-state index in [9.17, 15) is 17.6 Å². The van der Waals surface area contributed by atoms with E-state index in [1.54, 1.807) is 24.6 Å². The molecule has 0 radical (unpaired) electrons. The number of sulfone groups is 1. The molecule has 3 heterocycles. The Labute approximate surface area is 197 Å². The van der Waals surface area contributed by atoms with Crippen LogP contribution in [-0.4, -0.2) is 47.7 Å². The molecule has 180 valence electrons. The Morgan fingerprint density at radius 1 is 1.26 bits per heavy atom. The highest BCUT2D eigenvalue weighted by molar-refractivity contribution is 7.91. The Hall–Kier alpha value is -3.01. The summed E-state index contributed by atoms with van der Waals surface area (Å²) in [5, 5.41) is 8.21. The molecular formula is C24H27FN4O4S. The standard InChI is InChI=1S/C24H27FN4O4S/c1-13(16-6-7-21(33-3)19(25)10-16)26-24(30)18-11-20(15-4-5-15)27-23-22(18)14(2)28-29(23)17-8-9-34(31,32)12-17/h6-7,10-11,13,15,17H,4-5,8-9,12H2,1-3H3,(H,26,30). The Morgan fingerprint density at radius 2 is 2.03 bits per heavy atom. The van der Waals surface area contributed by atoms with Crippen LogP contribution in [0.15, 0.2) is 24.3 Å². The number of carbonyl (C=O) groups is 1. The number of aromatic nitrogens is 3. The molecule has 1 amide bonds. The van der Waals surface area contributed by atoms with Gasteiger partial charge >= 0.3 is 0 Å². The molecule has 0 spiro atoms. The third-order valence-corrected chi connectivity index (χ3v) is 8.43. The van der Waals surface area contributed by atoms with E-state index in [1.807, 2.05) is 6.07 Å². The maximum Gasteiger partial charge on any atom is 0.252 e. The SMILES string of the molecule is COc1ccc(C(C)NC(=O)c2cc(C3CC3)nc3c2c(C)nn3C2CCS(=O)(=O)C2)cc1F. The largest absolute Gasteiger partial charge is 0.494 e. The highest BCUT2D eigenvalue weighted by Gasteiger charge is 2.34. The number of ether oxygens (including phenoxy) is 1. The Balaban J connectivity index is 1.52. The summed E-state index contributed by atoms with van der Waals surface area (Å²) in [7, 11) is -1.70. The van der Waals surface area contributed by atoms with Crippen molar-refractivity contribution in [3.8, 4) is 5.75 Å². The molecule has 1 aliphatic heterocycles. The zero-order valence-electron chi connectivity index (χ0n) is 19.3. The van der Waals surface area contributed by atoms with Crippen molar-refractivity contribution in [1.82, 2.24) is 20.1 Å². The smallest absolute Gasteiger partial charge is 0.252 e. The number of nitrogens with one attached hydrogen (secondary N) is 1. The molecule has 2 aromatic heterocycles. The topological polar surface area (TPSA) is 103 Å². The van der Waals surface area contributed by atoms with Gasteiger partial charge in [-0.15, -0.1) is 0 Å². The van der Waals surface area contributed by atoms with E-state index in [0.717, 1.165) is 18.5 Å². The summed E-state index contributed by atoms with van der Waals surface area (Å²) in [4.78, 5) is 18.3. The van der Waals surface area contributed by atoms with E-state index in [1.165, 1.54) is 19.2 Å². The lowest BCUT2D eigenvalue weighted by Gasteiger charge is -2.16. The average Bonchev–Trinajstić information content (AvgIpc) is 3.51. The van der Waals surface area contributed by atoms with Crippen LogP contribution in [0.25, 0.3) is 11.0 Å². The highest BCUT2D eigenvalue weighted by atomic mass is 32.2. The van der Waals surface area contributed by atoms with Crippen LogP contribution in [0.5, 0.6) is 5.75 Å². The van der Waals surface area contributed by atoms with E-state index in [-0.39, 0.29) is 29.2 Å². The highest BCUT2D eigenvalue weighted by Crippen LogP contribution is 2.41. The summed E-state index contributed by atoms with van der Waals surface area (Å²) >= 11 is 0. The van der Waals surface area contributed by atoms with Gasteiger partial charge in [0.15, 0.2) is 27.1 Å². The monoisotopic (exact) mass is 486 g/mol. The van der Waals surface area contributed by atoms with Gasteiger partial charge in [0.25, 0.3) is 5.91 Å². The predicted octanol–water partition coefficient (Wildman–Crippen LogP) is 3.62. The van der Waals surface area contributed by atoms with E-state index in [4.69, 9.17) is 9.72 Å². The summed E-state index contributed by atoms with van der Waals surface area (Å²) in [6.07, 6.45) is 2.49. The van der Waals surface area contributed by atoms with Crippen molar-refractivity contribution < 1.29 is 22.3 Å². The van der Waals surface area contributed by atoms with Gasteiger partial charge in [-0.05, 0) is 56.9 Å². The number of pyridine rings is 1. The summed E-state index contributed by atoms with van der Waals surface area (Å²) in [6, 6.07) is 5.68. The minimum Gasteiger partial charge on any atom is -0.494 e. The zero-order chi connectivity index (χ0) is 24.2. The molecule has 34 heavy (non-hydrogen) atoms. The molecule has 2 atom stereocenters. The van der Waals surface area contributed by atoms with Crippen LogP contribution < -0.4 is 10.1 Å². The first-order valence-electron chi connectivity index (χ1n) is 11.4. The van der Waals surface area contributed by atoms with Gasteiger partial charge in [0.1, 0.15) is 0 Å². The Kier molecular flexibility index (Phi) is 5.58. The zero-order valence-corrected chi connectivity index (χ0v) is 20.2. The second-order valence-electron chi connectivity index (χ2n) is 9.24. The van der Waals surface area contributed by atoms with Crippen LogP contribution in [0.3, 0.4) is 0 Å². The Bertz CT molecular complexity index is 1400. The number of hydrogen-bond donors (Lipinski definition) is 1. The molecule has 1 saturated carbocycles. The lowest BCUT2D eigenvalue weighted by atomic mass is 10.0. The number of methoxy groups -OCH3 is 1. The molecule has 1 saturated heterocycles. The number of rotatable bonds is 6. The van der Waals surface area contributed by atoms with Gasteiger partial charge in [-0.2, -0.15) is 5.10 Å².